The van der Waals surface area contributed by atoms with Crippen LogP contribution in [0.5, 0.6) is 0 Å². The van der Waals surface area contributed by atoms with Gasteiger partial charge in [-0.2, -0.15) is 22.7 Å². The Labute approximate surface area is 125 Å². The van der Waals surface area contributed by atoms with E-state index >= 15 is 0 Å². The molecule has 120 valence electrons. The number of nitrogens with zero attached hydrogens (tertiary/aromatic N) is 2. The van der Waals surface area contributed by atoms with Crippen LogP contribution in [-0.4, -0.2) is 37.0 Å². The van der Waals surface area contributed by atoms with Gasteiger partial charge in [0.05, 0.1) is 34.2 Å². The molecule has 5 nitrogen and oxygen atoms in total. The third-order valence-corrected chi connectivity index (χ3v) is 5.82. The molecule has 0 aromatic heterocycles. The van der Waals surface area contributed by atoms with Gasteiger partial charge in [-0.15, -0.1) is 0 Å². The lowest BCUT2D eigenvalue weighted by atomic mass is 10.1. The molecule has 0 unspecified atom stereocenters. The molecule has 2 rings (SSSR count). The van der Waals surface area contributed by atoms with Crippen molar-refractivity contribution in [3.8, 4) is 6.07 Å². The molecule has 0 heterocycles. The van der Waals surface area contributed by atoms with E-state index in [2.05, 4.69) is 0 Å². The van der Waals surface area contributed by atoms with Gasteiger partial charge in [0.15, 0.2) is 0 Å². The Morgan fingerprint density at radius 1 is 1.41 bits per heavy atom. The van der Waals surface area contributed by atoms with Gasteiger partial charge in [-0.25, -0.2) is 8.42 Å². The summed E-state index contributed by atoms with van der Waals surface area (Å²) in [6.07, 6.45) is -3.94. The average molecular weight is 334 g/mol. The van der Waals surface area contributed by atoms with E-state index in [9.17, 15) is 26.7 Å². The van der Waals surface area contributed by atoms with Gasteiger partial charge in [0.25, 0.3) is 0 Å². The molecule has 0 aliphatic heterocycles. The van der Waals surface area contributed by atoms with Crippen molar-refractivity contribution in [2.24, 2.45) is 0 Å². The first kappa shape index (κ1) is 16.7. The second-order valence-corrected chi connectivity index (χ2v) is 7.14. The number of rotatable bonds is 4. The zero-order valence-corrected chi connectivity index (χ0v) is 12.4. The van der Waals surface area contributed by atoms with E-state index in [-0.39, 0.29) is 0 Å². The predicted octanol–water partition coefficient (Wildman–Crippen LogP) is 1.72. The van der Waals surface area contributed by atoms with Crippen molar-refractivity contribution in [3.63, 3.8) is 0 Å². The van der Waals surface area contributed by atoms with Crippen LogP contribution >= 0.6 is 0 Å². The van der Waals surface area contributed by atoms with Crippen LogP contribution in [0.3, 0.4) is 0 Å². The average Bonchev–Trinajstić information content (AvgIpc) is 3.25. The van der Waals surface area contributed by atoms with Crippen LogP contribution in [0.4, 0.5) is 13.2 Å². The number of alkyl halides is 3. The normalized spacial score (nSPS) is 17.3. The molecule has 1 fully saturated rings. The maximum Gasteiger partial charge on any atom is 0.417 e. The van der Waals surface area contributed by atoms with Crippen LogP contribution < -0.4 is 0 Å². The standard InChI is InChI=1S/C13H13F3N2O3S/c1-18(12(8-19)4-5-12)22(20,21)10-3-2-9(7-17)11(6-10)13(14,15)16/h2-3,6,19H,4-5,8H2,1H3. The lowest BCUT2D eigenvalue weighted by molar-refractivity contribution is -0.137. The molecule has 1 saturated carbocycles. The Bertz CT molecular complexity index is 734. The highest BCUT2D eigenvalue weighted by atomic mass is 32.2. The highest BCUT2D eigenvalue weighted by Crippen LogP contribution is 2.43. The molecule has 0 radical (unpaired) electrons. The maximum absolute atomic E-state index is 12.9. The van der Waals surface area contributed by atoms with Crippen molar-refractivity contribution in [2.45, 2.75) is 29.5 Å². The van der Waals surface area contributed by atoms with Crippen LogP contribution in [0.2, 0.25) is 0 Å². The zero-order chi connectivity index (χ0) is 16.8. The molecule has 0 bridgehead atoms. The van der Waals surface area contributed by atoms with Gasteiger partial charge in [0, 0.05) is 7.05 Å². The summed E-state index contributed by atoms with van der Waals surface area (Å²) >= 11 is 0. The number of halogens is 3. The highest BCUT2D eigenvalue weighted by Gasteiger charge is 2.51. The van der Waals surface area contributed by atoms with Gasteiger partial charge in [-0.1, -0.05) is 0 Å². The first-order chi connectivity index (χ1) is 10.1. The largest absolute Gasteiger partial charge is 0.417 e. The lowest BCUT2D eigenvalue weighted by Crippen LogP contribution is -2.41. The molecule has 22 heavy (non-hydrogen) atoms. The molecule has 1 aromatic rings. The minimum atomic E-state index is -4.83. The first-order valence-electron chi connectivity index (χ1n) is 6.30. The van der Waals surface area contributed by atoms with Crippen molar-refractivity contribution in [1.82, 2.24) is 4.31 Å². The van der Waals surface area contributed by atoms with Gasteiger partial charge in [0.2, 0.25) is 10.0 Å². The Morgan fingerprint density at radius 3 is 2.41 bits per heavy atom. The quantitative estimate of drug-likeness (QED) is 0.909. The first-order valence-corrected chi connectivity index (χ1v) is 7.74. The molecular formula is C13H13F3N2O3S. The summed E-state index contributed by atoms with van der Waals surface area (Å²) in [5.41, 5.74) is -2.87. The molecule has 1 aliphatic rings. The summed E-state index contributed by atoms with van der Waals surface area (Å²) in [4.78, 5) is -0.555. The smallest absolute Gasteiger partial charge is 0.394 e. The van der Waals surface area contributed by atoms with Crippen LogP contribution in [0.15, 0.2) is 23.1 Å². The topological polar surface area (TPSA) is 81.4 Å². The molecule has 0 saturated heterocycles. The van der Waals surface area contributed by atoms with Crippen molar-refractivity contribution in [3.05, 3.63) is 29.3 Å². The van der Waals surface area contributed by atoms with Crippen LogP contribution in [0.1, 0.15) is 24.0 Å². The van der Waals surface area contributed by atoms with Crippen molar-refractivity contribution in [2.75, 3.05) is 13.7 Å². The number of aliphatic hydroxyl groups is 1. The lowest BCUT2D eigenvalue weighted by Gasteiger charge is -2.26. The van der Waals surface area contributed by atoms with Crippen LogP contribution in [-0.2, 0) is 16.2 Å². The number of hydrogen-bond acceptors (Lipinski definition) is 4. The number of aliphatic hydroxyl groups excluding tert-OH is 1. The van der Waals surface area contributed by atoms with Gasteiger partial charge < -0.3 is 5.11 Å². The molecule has 0 amide bonds. The summed E-state index contributed by atoms with van der Waals surface area (Å²) in [6.45, 7) is -0.398. The summed E-state index contributed by atoms with van der Waals surface area (Å²) in [5.74, 6) is 0. The minimum Gasteiger partial charge on any atom is -0.394 e. The number of hydrogen-bond donors (Lipinski definition) is 1. The summed E-state index contributed by atoms with van der Waals surface area (Å²) in [7, 11) is -2.96. The van der Waals surface area contributed by atoms with Crippen LogP contribution in [0.25, 0.3) is 0 Å². The fourth-order valence-electron chi connectivity index (χ4n) is 2.15. The van der Waals surface area contributed by atoms with Crippen molar-refractivity contribution < 1.29 is 26.7 Å². The minimum absolute atomic E-state index is 0.398. The van der Waals surface area contributed by atoms with E-state index in [0.29, 0.717) is 18.9 Å². The van der Waals surface area contributed by atoms with Crippen LogP contribution in [0, 0.1) is 11.3 Å². The maximum atomic E-state index is 12.9. The third-order valence-electron chi connectivity index (χ3n) is 3.86. The highest BCUT2D eigenvalue weighted by molar-refractivity contribution is 7.89. The van der Waals surface area contributed by atoms with Gasteiger partial charge in [-0.3, -0.25) is 0 Å². The van der Waals surface area contributed by atoms with E-state index in [1.807, 2.05) is 0 Å². The Morgan fingerprint density at radius 2 is 2.00 bits per heavy atom. The number of likely N-dealkylation sites (N-methyl/N-ethyl adjacent to an activating group) is 1. The molecule has 1 N–H and O–H groups in total. The van der Waals surface area contributed by atoms with Crippen molar-refractivity contribution in [1.29, 1.82) is 5.26 Å². The molecular weight excluding hydrogens is 321 g/mol. The monoisotopic (exact) mass is 334 g/mol. The molecule has 1 aromatic carbocycles. The molecule has 1 aliphatic carbocycles. The van der Waals surface area contributed by atoms with E-state index in [1.165, 1.54) is 13.1 Å². The molecule has 0 atom stereocenters. The van der Waals surface area contributed by atoms with E-state index in [4.69, 9.17) is 5.26 Å². The second-order valence-electron chi connectivity index (χ2n) is 5.17. The SMILES string of the molecule is CN(C1(CO)CC1)S(=O)(=O)c1ccc(C#N)c(C(F)(F)F)c1. The molecule has 9 heteroatoms. The van der Waals surface area contributed by atoms with Gasteiger partial charge >= 0.3 is 6.18 Å². The number of sulfonamides is 1. The Balaban J connectivity index is 2.52. The van der Waals surface area contributed by atoms with Gasteiger partial charge in [0.1, 0.15) is 0 Å². The second kappa shape index (κ2) is 5.22. The fraction of sp³-hybridized carbons (Fsp3) is 0.462. The zero-order valence-electron chi connectivity index (χ0n) is 11.6. The molecule has 0 spiro atoms. The van der Waals surface area contributed by atoms with Crippen molar-refractivity contribution >= 4 is 10.0 Å². The fourth-order valence-corrected chi connectivity index (χ4v) is 3.72. The van der Waals surface area contributed by atoms with E-state index < -0.39 is 44.4 Å². The third kappa shape index (κ3) is 2.69. The van der Waals surface area contributed by atoms with E-state index in [0.717, 1.165) is 16.4 Å². The number of benzene rings is 1. The Kier molecular flexibility index (Phi) is 3.97. The van der Waals surface area contributed by atoms with E-state index in [1.54, 1.807) is 0 Å². The summed E-state index contributed by atoms with van der Waals surface area (Å²) < 4.78 is 64.5. The number of nitriles is 1. The Hall–Kier alpha value is -1.63. The predicted molar refractivity (Wildman–Crippen MR) is 70.2 cm³/mol. The van der Waals surface area contributed by atoms with Gasteiger partial charge in [-0.05, 0) is 31.0 Å². The summed E-state index contributed by atoms with van der Waals surface area (Å²) in [5, 5.41) is 18.0. The summed E-state index contributed by atoms with van der Waals surface area (Å²) in [6, 6.07) is 3.65.